The van der Waals surface area contributed by atoms with Crippen molar-refractivity contribution in [3.05, 3.63) is 54.9 Å². The van der Waals surface area contributed by atoms with Gasteiger partial charge in [0, 0.05) is 49.0 Å². The molecule has 1 fully saturated rings. The number of benzene rings is 2. The fourth-order valence-electron chi connectivity index (χ4n) is 4.34. The van der Waals surface area contributed by atoms with E-state index in [2.05, 4.69) is 20.2 Å². The summed E-state index contributed by atoms with van der Waals surface area (Å²) in [5, 5.41) is 3.80. The third-order valence-electron chi connectivity index (χ3n) is 6.23. The fraction of sp³-hybridized carbons (Fsp3) is 0.308. The molecule has 0 bridgehead atoms. The highest BCUT2D eigenvalue weighted by Gasteiger charge is 2.17. The minimum absolute atomic E-state index is 0.269. The number of nitrogens with two attached hydrogens (primary N) is 1. The molecule has 3 heterocycles. The summed E-state index contributed by atoms with van der Waals surface area (Å²) in [7, 11) is 1.55. The number of morpholine rings is 1. The Morgan fingerprint density at radius 1 is 1.14 bits per heavy atom. The molecule has 37 heavy (non-hydrogen) atoms. The molecule has 0 atom stereocenters. The Morgan fingerprint density at radius 2 is 1.95 bits per heavy atom. The van der Waals surface area contributed by atoms with Crippen LogP contribution in [0.3, 0.4) is 0 Å². The van der Waals surface area contributed by atoms with Crippen molar-refractivity contribution in [2.75, 3.05) is 57.6 Å². The SMILES string of the molecule is COc1cc(OCCN2CCOCC2)c(N)cc1Nc1nccc(-c2cn(C(F)F)c3ccccc23)n1. The van der Waals surface area contributed by atoms with E-state index in [1.165, 1.54) is 6.20 Å². The van der Waals surface area contributed by atoms with Crippen molar-refractivity contribution in [1.82, 2.24) is 19.4 Å². The quantitative estimate of drug-likeness (QED) is 0.317. The molecule has 0 radical (unpaired) electrons. The minimum atomic E-state index is -2.67. The predicted molar refractivity (Wildman–Crippen MR) is 138 cm³/mol. The van der Waals surface area contributed by atoms with E-state index in [4.69, 9.17) is 19.9 Å². The molecule has 1 aliphatic rings. The molecule has 9 nitrogen and oxygen atoms in total. The van der Waals surface area contributed by atoms with Gasteiger partial charge in [0.05, 0.1) is 42.9 Å². The van der Waals surface area contributed by atoms with E-state index >= 15 is 0 Å². The summed E-state index contributed by atoms with van der Waals surface area (Å²) < 4.78 is 45.0. The molecule has 2 aromatic carbocycles. The van der Waals surface area contributed by atoms with Gasteiger partial charge in [0.25, 0.3) is 0 Å². The number of nitrogens with one attached hydrogen (secondary N) is 1. The van der Waals surface area contributed by atoms with Crippen LogP contribution >= 0.6 is 0 Å². The van der Waals surface area contributed by atoms with Gasteiger partial charge in [-0.25, -0.2) is 9.97 Å². The number of nitrogens with zero attached hydrogens (tertiary/aromatic N) is 4. The number of methoxy groups -OCH3 is 1. The van der Waals surface area contributed by atoms with Gasteiger partial charge >= 0.3 is 6.55 Å². The topological polar surface area (TPSA) is 99.7 Å². The van der Waals surface area contributed by atoms with Crippen LogP contribution in [0.5, 0.6) is 11.5 Å². The number of aromatic nitrogens is 3. The van der Waals surface area contributed by atoms with Gasteiger partial charge in [-0.2, -0.15) is 8.78 Å². The number of halogens is 2. The number of ether oxygens (including phenoxy) is 3. The van der Waals surface area contributed by atoms with Gasteiger partial charge in [-0.15, -0.1) is 0 Å². The van der Waals surface area contributed by atoms with Crippen molar-refractivity contribution in [2.45, 2.75) is 6.55 Å². The summed E-state index contributed by atoms with van der Waals surface area (Å²) in [5.74, 6) is 1.29. The molecule has 5 rings (SSSR count). The summed E-state index contributed by atoms with van der Waals surface area (Å²) in [6, 6.07) is 12.1. The molecule has 3 N–H and O–H groups in total. The van der Waals surface area contributed by atoms with Crippen LogP contribution in [0.25, 0.3) is 22.2 Å². The van der Waals surface area contributed by atoms with Crippen molar-refractivity contribution >= 4 is 28.2 Å². The molecule has 0 unspecified atom stereocenters. The maximum atomic E-state index is 13.6. The number of fused-ring (bicyclic) bond motifs is 1. The maximum Gasteiger partial charge on any atom is 0.319 e. The van der Waals surface area contributed by atoms with E-state index in [-0.39, 0.29) is 5.95 Å². The van der Waals surface area contributed by atoms with Crippen molar-refractivity contribution in [1.29, 1.82) is 0 Å². The van der Waals surface area contributed by atoms with Crippen LogP contribution in [0, 0.1) is 0 Å². The van der Waals surface area contributed by atoms with Crippen molar-refractivity contribution < 1.29 is 23.0 Å². The van der Waals surface area contributed by atoms with Crippen LogP contribution in [0.1, 0.15) is 6.55 Å². The summed E-state index contributed by atoms with van der Waals surface area (Å²) in [6.45, 7) is 1.81. The number of para-hydroxylation sites is 1. The predicted octanol–water partition coefficient (Wildman–Crippen LogP) is 4.54. The van der Waals surface area contributed by atoms with E-state index in [0.717, 1.165) is 37.4 Å². The van der Waals surface area contributed by atoms with Gasteiger partial charge in [0.1, 0.15) is 18.1 Å². The lowest BCUT2D eigenvalue weighted by Crippen LogP contribution is -2.38. The van der Waals surface area contributed by atoms with Crippen molar-refractivity contribution in [3.8, 4) is 22.8 Å². The largest absolute Gasteiger partial charge is 0.494 e. The van der Waals surface area contributed by atoms with Crippen LogP contribution in [-0.4, -0.2) is 66.0 Å². The van der Waals surface area contributed by atoms with Crippen molar-refractivity contribution in [2.24, 2.45) is 0 Å². The van der Waals surface area contributed by atoms with Gasteiger partial charge in [0.2, 0.25) is 5.95 Å². The Hall–Kier alpha value is -3.96. The number of nitrogen functional groups attached to an aromatic ring is 1. The van der Waals surface area contributed by atoms with Gasteiger partial charge in [0.15, 0.2) is 0 Å². The second-order valence-corrected chi connectivity index (χ2v) is 8.53. The molecule has 0 saturated carbocycles. The lowest BCUT2D eigenvalue weighted by atomic mass is 10.1. The molecule has 1 aliphatic heterocycles. The highest BCUT2D eigenvalue weighted by molar-refractivity contribution is 5.95. The first-order chi connectivity index (χ1) is 18.0. The zero-order chi connectivity index (χ0) is 25.8. The van der Waals surface area contributed by atoms with Crippen molar-refractivity contribution in [3.63, 3.8) is 0 Å². The van der Waals surface area contributed by atoms with Gasteiger partial charge < -0.3 is 25.3 Å². The zero-order valence-electron chi connectivity index (χ0n) is 20.4. The molecule has 194 valence electrons. The molecule has 0 spiro atoms. The monoisotopic (exact) mass is 510 g/mol. The summed E-state index contributed by atoms with van der Waals surface area (Å²) in [4.78, 5) is 11.1. The molecule has 0 amide bonds. The number of hydrogen-bond acceptors (Lipinski definition) is 8. The van der Waals surface area contributed by atoms with E-state index in [1.54, 1.807) is 55.8 Å². The molecular weight excluding hydrogens is 482 g/mol. The van der Waals surface area contributed by atoms with Gasteiger partial charge in [-0.3, -0.25) is 9.47 Å². The first-order valence-electron chi connectivity index (χ1n) is 11.9. The first-order valence-corrected chi connectivity index (χ1v) is 11.9. The Labute approximate surface area is 212 Å². The molecule has 11 heteroatoms. The Kier molecular flexibility index (Phi) is 7.33. The van der Waals surface area contributed by atoms with Crippen LogP contribution < -0.4 is 20.5 Å². The van der Waals surface area contributed by atoms with E-state index in [0.29, 0.717) is 51.6 Å². The standard InChI is InChI=1S/C26H28F2N6O3/c1-35-24-15-23(37-13-10-33-8-11-36-12-9-33)19(29)14-21(24)32-26-30-7-6-20(31-26)18-16-34(25(27)28)22-5-3-2-4-17(18)22/h2-7,14-16,25H,8-13,29H2,1H3,(H,30,31,32). The molecular formula is C26H28F2N6O3. The summed E-state index contributed by atoms with van der Waals surface area (Å²) in [6.07, 6.45) is 2.97. The normalized spacial score (nSPS) is 14.3. The van der Waals surface area contributed by atoms with Crippen LogP contribution in [0.4, 0.5) is 26.1 Å². The molecule has 1 saturated heterocycles. The van der Waals surface area contributed by atoms with Crippen LogP contribution in [-0.2, 0) is 4.74 Å². The van der Waals surface area contributed by atoms with Crippen LogP contribution in [0.2, 0.25) is 0 Å². The molecule has 2 aromatic heterocycles. The van der Waals surface area contributed by atoms with E-state index in [1.807, 2.05) is 0 Å². The highest BCUT2D eigenvalue weighted by Crippen LogP contribution is 2.37. The average Bonchev–Trinajstić information content (AvgIpc) is 3.31. The lowest BCUT2D eigenvalue weighted by molar-refractivity contribution is 0.0323. The number of anilines is 3. The van der Waals surface area contributed by atoms with E-state index < -0.39 is 6.55 Å². The maximum absolute atomic E-state index is 13.6. The Morgan fingerprint density at radius 3 is 2.73 bits per heavy atom. The summed E-state index contributed by atoms with van der Waals surface area (Å²) in [5.41, 5.74) is 8.76. The van der Waals surface area contributed by atoms with Crippen LogP contribution in [0.15, 0.2) is 54.9 Å². The number of alkyl halides is 2. The fourth-order valence-corrected chi connectivity index (χ4v) is 4.34. The smallest absolute Gasteiger partial charge is 0.319 e. The minimum Gasteiger partial charge on any atom is -0.494 e. The van der Waals surface area contributed by atoms with Gasteiger partial charge in [-0.05, 0) is 18.2 Å². The average molecular weight is 511 g/mol. The lowest BCUT2D eigenvalue weighted by Gasteiger charge is -2.26. The van der Waals surface area contributed by atoms with Gasteiger partial charge in [-0.1, -0.05) is 18.2 Å². The second kappa shape index (κ2) is 11.0. The zero-order valence-corrected chi connectivity index (χ0v) is 20.4. The highest BCUT2D eigenvalue weighted by atomic mass is 19.3. The third kappa shape index (κ3) is 5.42. The van der Waals surface area contributed by atoms with E-state index in [9.17, 15) is 8.78 Å². The third-order valence-corrected chi connectivity index (χ3v) is 6.23. The first kappa shape index (κ1) is 24.7. The summed E-state index contributed by atoms with van der Waals surface area (Å²) >= 11 is 0. The number of hydrogen-bond donors (Lipinski definition) is 2. The number of rotatable bonds is 9. The molecule has 0 aliphatic carbocycles. The molecule has 4 aromatic rings. The Bertz CT molecular complexity index is 1370. The second-order valence-electron chi connectivity index (χ2n) is 8.53. The Balaban J connectivity index is 1.35.